The Hall–Kier alpha value is -1.25. The monoisotopic (exact) mass is 226 g/mol. The summed E-state index contributed by atoms with van der Waals surface area (Å²) in [5, 5.41) is 6.49. The van der Waals surface area contributed by atoms with Gasteiger partial charge in [-0.15, -0.1) is 12.3 Å². The van der Waals surface area contributed by atoms with Gasteiger partial charge in [0.05, 0.1) is 26.4 Å². The van der Waals surface area contributed by atoms with Crippen molar-refractivity contribution in [3.8, 4) is 12.3 Å². The molecule has 0 heterocycles. The van der Waals surface area contributed by atoms with Crippen LogP contribution in [-0.4, -0.2) is 46.1 Å². The zero-order valence-electron chi connectivity index (χ0n) is 9.39. The second-order valence-electron chi connectivity index (χ2n) is 2.88. The van der Waals surface area contributed by atoms with E-state index in [9.17, 15) is 0 Å². The number of terminal acetylenes is 1. The summed E-state index contributed by atoms with van der Waals surface area (Å²) in [5.74, 6) is 2.50. The van der Waals surface area contributed by atoms with Crippen LogP contribution in [-0.2, 0) is 9.47 Å². The maximum absolute atomic E-state index is 7.99. The summed E-state index contributed by atoms with van der Waals surface area (Å²) in [5.41, 5.74) is 7.99. The van der Waals surface area contributed by atoms with E-state index in [-0.39, 0.29) is 0 Å². The second-order valence-corrected chi connectivity index (χ2v) is 2.88. The Morgan fingerprint density at radius 3 is 2.50 bits per heavy atom. The van der Waals surface area contributed by atoms with Crippen molar-refractivity contribution in [2.45, 2.75) is 6.42 Å². The predicted molar refractivity (Wildman–Crippen MR) is 62.0 cm³/mol. The van der Waals surface area contributed by atoms with Crippen molar-refractivity contribution >= 4 is 0 Å². The van der Waals surface area contributed by atoms with E-state index < -0.39 is 0 Å². The number of nitrogens with one attached hydrogen (secondary N) is 1. The van der Waals surface area contributed by atoms with Crippen LogP contribution in [0.25, 0.3) is 10.4 Å². The van der Waals surface area contributed by atoms with Crippen LogP contribution in [0.1, 0.15) is 6.42 Å². The summed E-state index contributed by atoms with van der Waals surface area (Å²) in [6.45, 7) is 4.25. The fourth-order valence-electron chi connectivity index (χ4n) is 0.899. The summed E-state index contributed by atoms with van der Waals surface area (Å²) < 4.78 is 10.4. The van der Waals surface area contributed by atoms with Crippen molar-refractivity contribution in [1.82, 2.24) is 5.32 Å². The highest BCUT2D eigenvalue weighted by Gasteiger charge is 1.89. The number of hydrogen-bond donors (Lipinski definition) is 1. The minimum Gasteiger partial charge on any atom is -0.380 e. The van der Waals surface area contributed by atoms with E-state index in [2.05, 4.69) is 21.3 Å². The zero-order valence-corrected chi connectivity index (χ0v) is 9.39. The first-order valence-corrected chi connectivity index (χ1v) is 5.22. The van der Waals surface area contributed by atoms with Gasteiger partial charge < -0.3 is 14.8 Å². The van der Waals surface area contributed by atoms with Crippen LogP contribution in [0.2, 0.25) is 0 Å². The molecule has 0 fully saturated rings. The fourth-order valence-corrected chi connectivity index (χ4v) is 0.899. The molecule has 0 atom stereocenters. The third-order valence-electron chi connectivity index (χ3n) is 1.64. The standard InChI is InChI=1S/C10H18N4O2/c1-2-3-7-15-8-4-12-5-9-16-10-6-13-14-11/h1,12H,3-10H2. The summed E-state index contributed by atoms with van der Waals surface area (Å²) in [7, 11) is 0. The molecule has 0 amide bonds. The molecule has 0 aliphatic rings. The van der Waals surface area contributed by atoms with Crippen LogP contribution in [0.3, 0.4) is 0 Å². The van der Waals surface area contributed by atoms with Gasteiger partial charge in [-0.2, -0.15) is 0 Å². The normalized spacial score (nSPS) is 9.44. The van der Waals surface area contributed by atoms with Gasteiger partial charge in [0.2, 0.25) is 0 Å². The molecule has 0 aliphatic heterocycles. The quantitative estimate of drug-likeness (QED) is 0.187. The lowest BCUT2D eigenvalue weighted by atomic mass is 10.5. The van der Waals surface area contributed by atoms with Crippen LogP contribution < -0.4 is 5.32 Å². The van der Waals surface area contributed by atoms with Crippen LogP contribution in [0.4, 0.5) is 0 Å². The van der Waals surface area contributed by atoms with Crippen LogP contribution in [0, 0.1) is 12.3 Å². The first-order chi connectivity index (χ1) is 7.91. The van der Waals surface area contributed by atoms with E-state index in [0.717, 1.165) is 13.1 Å². The Bertz CT molecular complexity index is 233. The van der Waals surface area contributed by atoms with Gasteiger partial charge in [0.25, 0.3) is 0 Å². The largest absolute Gasteiger partial charge is 0.380 e. The summed E-state index contributed by atoms with van der Waals surface area (Å²) in [6.07, 6.45) is 5.72. The number of nitrogens with zero attached hydrogens (tertiary/aromatic N) is 3. The molecule has 6 heteroatoms. The maximum atomic E-state index is 7.99. The summed E-state index contributed by atoms with van der Waals surface area (Å²) in [4.78, 5) is 2.62. The number of rotatable bonds is 11. The molecule has 0 radical (unpaired) electrons. The summed E-state index contributed by atoms with van der Waals surface area (Å²) >= 11 is 0. The smallest absolute Gasteiger partial charge is 0.0591 e. The minimum atomic E-state index is 0.381. The van der Waals surface area contributed by atoms with Gasteiger partial charge in [0.1, 0.15) is 0 Å². The van der Waals surface area contributed by atoms with E-state index in [4.69, 9.17) is 21.4 Å². The van der Waals surface area contributed by atoms with Gasteiger partial charge in [-0.05, 0) is 5.53 Å². The van der Waals surface area contributed by atoms with E-state index in [1.54, 1.807) is 0 Å². The Morgan fingerprint density at radius 1 is 1.19 bits per heavy atom. The van der Waals surface area contributed by atoms with E-state index in [1.165, 1.54) is 0 Å². The molecule has 0 saturated carbocycles. The molecule has 0 aliphatic carbocycles. The lowest BCUT2D eigenvalue weighted by Gasteiger charge is -2.05. The van der Waals surface area contributed by atoms with Gasteiger partial charge >= 0.3 is 0 Å². The van der Waals surface area contributed by atoms with Crippen molar-refractivity contribution in [2.24, 2.45) is 5.11 Å². The lowest BCUT2D eigenvalue weighted by Crippen LogP contribution is -2.24. The highest BCUT2D eigenvalue weighted by atomic mass is 16.5. The molecular formula is C10H18N4O2. The van der Waals surface area contributed by atoms with Crippen molar-refractivity contribution in [3.05, 3.63) is 10.4 Å². The van der Waals surface area contributed by atoms with Crippen LogP contribution in [0.5, 0.6) is 0 Å². The van der Waals surface area contributed by atoms with Gasteiger partial charge in [-0.1, -0.05) is 5.11 Å². The highest BCUT2D eigenvalue weighted by molar-refractivity contribution is 4.82. The molecule has 6 nitrogen and oxygen atoms in total. The molecule has 90 valence electrons. The van der Waals surface area contributed by atoms with Gasteiger partial charge in [0, 0.05) is 31.0 Å². The number of ether oxygens (including phenoxy) is 2. The fraction of sp³-hybridized carbons (Fsp3) is 0.800. The third-order valence-corrected chi connectivity index (χ3v) is 1.64. The number of hydrogen-bond acceptors (Lipinski definition) is 4. The first-order valence-electron chi connectivity index (χ1n) is 5.22. The Morgan fingerprint density at radius 2 is 1.88 bits per heavy atom. The second kappa shape index (κ2) is 13.8. The van der Waals surface area contributed by atoms with Crippen molar-refractivity contribution < 1.29 is 9.47 Å². The molecule has 0 spiro atoms. The van der Waals surface area contributed by atoms with Crippen molar-refractivity contribution in [2.75, 3.05) is 46.1 Å². The van der Waals surface area contributed by atoms with Gasteiger partial charge in [-0.3, -0.25) is 0 Å². The highest BCUT2D eigenvalue weighted by Crippen LogP contribution is 1.79. The van der Waals surface area contributed by atoms with E-state index >= 15 is 0 Å². The molecule has 0 aromatic heterocycles. The lowest BCUT2D eigenvalue weighted by molar-refractivity contribution is 0.127. The van der Waals surface area contributed by atoms with Crippen molar-refractivity contribution in [1.29, 1.82) is 0 Å². The Balaban J connectivity index is 2.93. The van der Waals surface area contributed by atoms with Crippen LogP contribution in [0.15, 0.2) is 5.11 Å². The van der Waals surface area contributed by atoms with Crippen molar-refractivity contribution in [3.63, 3.8) is 0 Å². The van der Waals surface area contributed by atoms with E-state index in [0.29, 0.717) is 39.4 Å². The third kappa shape index (κ3) is 12.8. The van der Waals surface area contributed by atoms with E-state index in [1.807, 2.05) is 0 Å². The predicted octanol–water partition coefficient (Wildman–Crippen LogP) is 0.943. The average Bonchev–Trinajstić information content (AvgIpc) is 2.31. The van der Waals surface area contributed by atoms with Gasteiger partial charge in [-0.25, -0.2) is 0 Å². The van der Waals surface area contributed by atoms with Gasteiger partial charge in [0.15, 0.2) is 0 Å². The molecular weight excluding hydrogens is 208 g/mol. The minimum absolute atomic E-state index is 0.381. The average molecular weight is 226 g/mol. The molecule has 0 saturated heterocycles. The summed E-state index contributed by atoms with van der Waals surface area (Å²) in [6, 6.07) is 0. The zero-order chi connectivity index (χ0) is 11.9. The first kappa shape index (κ1) is 14.8. The molecule has 0 unspecified atom stereocenters. The molecule has 1 N–H and O–H groups in total. The molecule has 0 rings (SSSR count). The molecule has 0 aromatic carbocycles. The topological polar surface area (TPSA) is 79.2 Å². The SMILES string of the molecule is C#CCCOCCNCCOCCN=[N+]=[N-]. The molecule has 0 aromatic rings. The Labute approximate surface area is 95.9 Å². The molecule has 0 bridgehead atoms. The molecule has 16 heavy (non-hydrogen) atoms. The Kier molecular flexibility index (Phi) is 12.7. The number of azide groups is 1. The van der Waals surface area contributed by atoms with Crippen LogP contribution >= 0.6 is 0 Å². The maximum Gasteiger partial charge on any atom is 0.0591 e.